The average molecular weight is 247 g/mol. The first kappa shape index (κ1) is 11.9. The number of hydrogen-bond acceptors (Lipinski definition) is 4. The molecule has 7 heteroatoms. The minimum atomic E-state index is -0.337. The SMILES string of the molecule is COc1ccccc1NC(=O)NCc1ncn[nH]1. The van der Waals surface area contributed by atoms with Crippen molar-refractivity contribution in [3.05, 3.63) is 36.4 Å². The second kappa shape index (κ2) is 5.67. The fraction of sp³-hybridized carbons (Fsp3) is 0.182. The van der Waals surface area contributed by atoms with Gasteiger partial charge in [-0.1, -0.05) is 12.1 Å². The third-order valence-electron chi connectivity index (χ3n) is 2.24. The number of rotatable bonds is 4. The van der Waals surface area contributed by atoms with E-state index in [0.29, 0.717) is 17.3 Å². The van der Waals surface area contributed by atoms with E-state index < -0.39 is 0 Å². The van der Waals surface area contributed by atoms with E-state index in [4.69, 9.17) is 4.74 Å². The lowest BCUT2D eigenvalue weighted by Gasteiger charge is -2.10. The number of hydrogen-bond donors (Lipinski definition) is 3. The number of carbonyl (C=O) groups is 1. The van der Waals surface area contributed by atoms with E-state index in [9.17, 15) is 4.79 Å². The van der Waals surface area contributed by atoms with Crippen LogP contribution < -0.4 is 15.4 Å². The third kappa shape index (κ3) is 2.97. The number of para-hydroxylation sites is 2. The van der Waals surface area contributed by atoms with E-state index in [1.165, 1.54) is 6.33 Å². The van der Waals surface area contributed by atoms with Crippen molar-refractivity contribution in [3.8, 4) is 5.75 Å². The van der Waals surface area contributed by atoms with E-state index in [1.54, 1.807) is 19.2 Å². The van der Waals surface area contributed by atoms with Crippen molar-refractivity contribution in [1.29, 1.82) is 0 Å². The molecule has 0 radical (unpaired) electrons. The van der Waals surface area contributed by atoms with E-state index in [0.717, 1.165) is 0 Å². The Balaban J connectivity index is 1.90. The smallest absolute Gasteiger partial charge is 0.319 e. The number of H-pyrrole nitrogens is 1. The van der Waals surface area contributed by atoms with Crippen molar-refractivity contribution >= 4 is 11.7 Å². The van der Waals surface area contributed by atoms with Crippen molar-refractivity contribution in [3.63, 3.8) is 0 Å². The topological polar surface area (TPSA) is 91.9 Å². The summed E-state index contributed by atoms with van der Waals surface area (Å²) in [5, 5.41) is 11.7. The molecule has 0 bridgehead atoms. The van der Waals surface area contributed by atoms with Gasteiger partial charge >= 0.3 is 6.03 Å². The molecule has 2 rings (SSSR count). The molecule has 1 aromatic carbocycles. The number of nitrogens with zero attached hydrogens (tertiary/aromatic N) is 2. The summed E-state index contributed by atoms with van der Waals surface area (Å²) in [4.78, 5) is 15.5. The Morgan fingerprint density at radius 1 is 1.44 bits per heavy atom. The van der Waals surface area contributed by atoms with Crippen molar-refractivity contribution in [1.82, 2.24) is 20.5 Å². The van der Waals surface area contributed by atoms with Crippen LogP contribution in [-0.4, -0.2) is 28.3 Å². The summed E-state index contributed by atoms with van der Waals surface area (Å²) in [6.07, 6.45) is 1.38. The Bertz CT molecular complexity index is 512. The zero-order chi connectivity index (χ0) is 12.8. The molecule has 3 N–H and O–H groups in total. The van der Waals surface area contributed by atoms with Crippen LogP contribution in [0.3, 0.4) is 0 Å². The Morgan fingerprint density at radius 2 is 2.28 bits per heavy atom. The van der Waals surface area contributed by atoms with Crippen molar-refractivity contribution in [2.45, 2.75) is 6.54 Å². The highest BCUT2D eigenvalue weighted by Gasteiger charge is 2.06. The van der Waals surface area contributed by atoms with Crippen LogP contribution in [0.25, 0.3) is 0 Å². The van der Waals surface area contributed by atoms with Gasteiger partial charge in [-0.15, -0.1) is 0 Å². The van der Waals surface area contributed by atoms with Gasteiger partial charge in [0.15, 0.2) is 0 Å². The van der Waals surface area contributed by atoms with Crippen LogP contribution in [0.1, 0.15) is 5.82 Å². The molecule has 0 spiro atoms. The zero-order valence-corrected chi connectivity index (χ0v) is 9.80. The predicted molar refractivity (Wildman–Crippen MR) is 65.2 cm³/mol. The number of nitrogens with one attached hydrogen (secondary N) is 3. The number of aromatic nitrogens is 3. The third-order valence-corrected chi connectivity index (χ3v) is 2.24. The number of anilines is 1. The molecule has 2 amide bonds. The van der Waals surface area contributed by atoms with Gasteiger partial charge in [0.25, 0.3) is 0 Å². The molecule has 7 nitrogen and oxygen atoms in total. The molecule has 0 aliphatic rings. The molecule has 0 aliphatic heterocycles. The number of amides is 2. The molecule has 0 saturated heterocycles. The molecule has 0 saturated carbocycles. The maximum absolute atomic E-state index is 11.6. The Morgan fingerprint density at radius 3 is 3.00 bits per heavy atom. The number of benzene rings is 1. The van der Waals surface area contributed by atoms with Crippen LogP contribution in [-0.2, 0) is 6.54 Å². The van der Waals surface area contributed by atoms with Crippen molar-refractivity contribution in [2.75, 3.05) is 12.4 Å². The van der Waals surface area contributed by atoms with E-state index in [2.05, 4.69) is 25.8 Å². The average Bonchev–Trinajstić information content (AvgIpc) is 2.90. The van der Waals surface area contributed by atoms with Crippen LogP contribution in [0.4, 0.5) is 10.5 Å². The summed E-state index contributed by atoms with van der Waals surface area (Å²) >= 11 is 0. The normalized spacial score (nSPS) is 9.83. The van der Waals surface area contributed by atoms with Crippen LogP contribution in [0, 0.1) is 0 Å². The van der Waals surface area contributed by atoms with Crippen LogP contribution >= 0.6 is 0 Å². The van der Waals surface area contributed by atoms with Crippen molar-refractivity contribution in [2.24, 2.45) is 0 Å². The van der Waals surface area contributed by atoms with E-state index >= 15 is 0 Å². The van der Waals surface area contributed by atoms with Gasteiger partial charge in [0.1, 0.15) is 17.9 Å². The van der Waals surface area contributed by atoms with Gasteiger partial charge in [-0.3, -0.25) is 5.10 Å². The monoisotopic (exact) mass is 247 g/mol. The second-order valence-corrected chi connectivity index (χ2v) is 3.44. The summed E-state index contributed by atoms with van der Waals surface area (Å²) < 4.78 is 5.13. The van der Waals surface area contributed by atoms with Gasteiger partial charge < -0.3 is 15.4 Å². The largest absolute Gasteiger partial charge is 0.495 e. The fourth-order valence-corrected chi connectivity index (χ4v) is 1.39. The first-order chi connectivity index (χ1) is 8.79. The number of methoxy groups -OCH3 is 1. The lowest BCUT2D eigenvalue weighted by atomic mass is 10.3. The fourth-order valence-electron chi connectivity index (χ4n) is 1.39. The molecule has 94 valence electrons. The minimum absolute atomic E-state index is 0.279. The maximum Gasteiger partial charge on any atom is 0.319 e. The number of aromatic amines is 1. The van der Waals surface area contributed by atoms with Gasteiger partial charge in [0.2, 0.25) is 0 Å². The van der Waals surface area contributed by atoms with E-state index in [-0.39, 0.29) is 12.6 Å². The quantitative estimate of drug-likeness (QED) is 0.755. The van der Waals surface area contributed by atoms with Crippen LogP contribution in [0.5, 0.6) is 5.75 Å². The van der Waals surface area contributed by atoms with Gasteiger partial charge in [-0.2, -0.15) is 5.10 Å². The van der Waals surface area contributed by atoms with Gasteiger partial charge in [-0.25, -0.2) is 9.78 Å². The molecule has 0 unspecified atom stereocenters. The molecule has 0 fully saturated rings. The predicted octanol–water partition coefficient (Wildman–Crippen LogP) is 1.13. The lowest BCUT2D eigenvalue weighted by molar-refractivity contribution is 0.251. The molecule has 0 aliphatic carbocycles. The highest BCUT2D eigenvalue weighted by Crippen LogP contribution is 2.22. The molecule has 0 atom stereocenters. The van der Waals surface area contributed by atoms with Gasteiger partial charge in [0, 0.05) is 0 Å². The Kier molecular flexibility index (Phi) is 3.75. The molecule has 18 heavy (non-hydrogen) atoms. The number of ether oxygens (including phenoxy) is 1. The van der Waals surface area contributed by atoms with E-state index in [1.807, 2.05) is 12.1 Å². The Labute approximate surface area is 104 Å². The molecule has 1 aromatic heterocycles. The molecule has 2 aromatic rings. The minimum Gasteiger partial charge on any atom is -0.495 e. The summed E-state index contributed by atoms with van der Waals surface area (Å²) in [7, 11) is 1.55. The number of carbonyl (C=O) groups excluding carboxylic acids is 1. The van der Waals surface area contributed by atoms with Gasteiger partial charge in [-0.05, 0) is 12.1 Å². The summed E-state index contributed by atoms with van der Waals surface area (Å²) in [6.45, 7) is 0.279. The standard InChI is InChI=1S/C11H13N5O2/c1-18-9-5-3-2-4-8(9)15-11(17)12-6-10-13-7-14-16-10/h2-5,7H,6H2,1H3,(H2,12,15,17)(H,13,14,16). The molecule has 1 heterocycles. The highest BCUT2D eigenvalue weighted by molar-refractivity contribution is 5.90. The van der Waals surface area contributed by atoms with Crippen LogP contribution in [0.2, 0.25) is 0 Å². The van der Waals surface area contributed by atoms with Crippen LogP contribution in [0.15, 0.2) is 30.6 Å². The summed E-state index contributed by atoms with van der Waals surface area (Å²) in [5.74, 6) is 1.19. The Hall–Kier alpha value is -2.57. The summed E-state index contributed by atoms with van der Waals surface area (Å²) in [6, 6.07) is 6.83. The number of urea groups is 1. The van der Waals surface area contributed by atoms with Gasteiger partial charge in [0.05, 0.1) is 19.3 Å². The first-order valence-electron chi connectivity index (χ1n) is 5.31. The highest BCUT2D eigenvalue weighted by atomic mass is 16.5. The second-order valence-electron chi connectivity index (χ2n) is 3.44. The lowest BCUT2D eigenvalue weighted by Crippen LogP contribution is -2.28. The molecular weight excluding hydrogens is 234 g/mol. The molecular formula is C11H13N5O2. The zero-order valence-electron chi connectivity index (χ0n) is 9.80. The summed E-state index contributed by atoms with van der Waals surface area (Å²) in [5.41, 5.74) is 0.607. The van der Waals surface area contributed by atoms with Crippen molar-refractivity contribution < 1.29 is 9.53 Å². The first-order valence-corrected chi connectivity index (χ1v) is 5.31. The maximum atomic E-state index is 11.6.